The first-order valence-electron chi connectivity index (χ1n) is 11.1. The predicted molar refractivity (Wildman–Crippen MR) is 115 cm³/mol. The molecule has 2 aromatic rings. The molecule has 3 nitrogen and oxygen atoms in total. The van der Waals surface area contributed by atoms with E-state index >= 15 is 0 Å². The number of halogens is 3. The third-order valence-corrected chi connectivity index (χ3v) is 6.58. The number of amides is 1. The lowest BCUT2D eigenvalue weighted by Gasteiger charge is -2.31. The van der Waals surface area contributed by atoms with Crippen molar-refractivity contribution < 1.29 is 18.0 Å². The molecular formula is C25H29F3N2O. The fraction of sp³-hybridized carbons (Fsp3) is 0.480. The standard InChI is InChI=1S/C25H29F3N2O/c1-18-7-5-9-20(13-18)24(31)30-16-21(15-29-11-3-2-4-12-29)23(17-30)19-8-6-10-22(14-19)25(26,27)28/h5-10,13-14,21,23H,2-4,11-12,15-17H2,1H3/t21-,23-/m0/s1. The quantitative estimate of drug-likeness (QED) is 0.652. The smallest absolute Gasteiger partial charge is 0.338 e. The van der Waals surface area contributed by atoms with Gasteiger partial charge in [-0.1, -0.05) is 42.3 Å². The van der Waals surface area contributed by atoms with Gasteiger partial charge in [-0.05, 0) is 62.5 Å². The summed E-state index contributed by atoms with van der Waals surface area (Å²) >= 11 is 0. The van der Waals surface area contributed by atoms with Gasteiger partial charge in [-0.2, -0.15) is 13.2 Å². The third kappa shape index (κ3) is 5.12. The van der Waals surface area contributed by atoms with E-state index in [-0.39, 0.29) is 17.7 Å². The van der Waals surface area contributed by atoms with Gasteiger partial charge in [-0.3, -0.25) is 4.79 Å². The fourth-order valence-corrected chi connectivity index (χ4v) is 4.98. The number of nitrogens with zero attached hydrogens (tertiary/aromatic N) is 2. The van der Waals surface area contributed by atoms with Crippen LogP contribution in [0.4, 0.5) is 13.2 Å². The molecule has 166 valence electrons. The van der Waals surface area contributed by atoms with Gasteiger partial charge in [0.2, 0.25) is 0 Å². The van der Waals surface area contributed by atoms with Gasteiger partial charge in [0.05, 0.1) is 5.56 Å². The summed E-state index contributed by atoms with van der Waals surface area (Å²) in [6.07, 6.45) is -0.815. The zero-order valence-electron chi connectivity index (χ0n) is 17.9. The number of carbonyl (C=O) groups is 1. The van der Waals surface area contributed by atoms with Gasteiger partial charge in [0.1, 0.15) is 0 Å². The maximum atomic E-state index is 13.3. The van der Waals surface area contributed by atoms with Crippen molar-refractivity contribution in [2.75, 3.05) is 32.7 Å². The minimum atomic E-state index is -4.37. The monoisotopic (exact) mass is 430 g/mol. The van der Waals surface area contributed by atoms with Crippen LogP contribution in [0.5, 0.6) is 0 Å². The summed E-state index contributed by atoms with van der Waals surface area (Å²) in [5.74, 6) is -0.0184. The summed E-state index contributed by atoms with van der Waals surface area (Å²) < 4.78 is 39.9. The lowest BCUT2D eigenvalue weighted by atomic mass is 9.87. The highest BCUT2D eigenvalue weighted by Gasteiger charge is 2.39. The molecule has 0 aliphatic carbocycles. The van der Waals surface area contributed by atoms with E-state index in [0.29, 0.717) is 24.2 Å². The number of benzene rings is 2. The molecule has 2 fully saturated rings. The molecule has 0 aromatic heterocycles. The van der Waals surface area contributed by atoms with Crippen LogP contribution in [0.2, 0.25) is 0 Å². The van der Waals surface area contributed by atoms with Crippen LogP contribution in [0.25, 0.3) is 0 Å². The first-order chi connectivity index (χ1) is 14.8. The minimum Gasteiger partial charge on any atom is -0.338 e. The largest absolute Gasteiger partial charge is 0.416 e. The predicted octanol–water partition coefficient (Wildman–Crippen LogP) is 5.36. The minimum absolute atomic E-state index is 0.0400. The lowest BCUT2D eigenvalue weighted by molar-refractivity contribution is -0.137. The Morgan fingerprint density at radius 2 is 1.74 bits per heavy atom. The maximum Gasteiger partial charge on any atom is 0.416 e. The summed E-state index contributed by atoms with van der Waals surface area (Å²) in [5, 5.41) is 0. The van der Waals surface area contributed by atoms with Gasteiger partial charge in [0, 0.05) is 31.1 Å². The summed E-state index contributed by atoms with van der Waals surface area (Å²) in [7, 11) is 0. The number of piperidine rings is 1. The number of aryl methyl sites for hydroxylation is 1. The van der Waals surface area contributed by atoms with E-state index in [2.05, 4.69) is 4.90 Å². The normalized spacial score (nSPS) is 22.6. The summed E-state index contributed by atoms with van der Waals surface area (Å²) in [6, 6.07) is 13.2. The molecule has 0 unspecified atom stereocenters. The van der Waals surface area contributed by atoms with Crippen LogP contribution in [0.3, 0.4) is 0 Å². The van der Waals surface area contributed by atoms with Crippen molar-refractivity contribution in [1.82, 2.24) is 9.80 Å². The molecule has 1 amide bonds. The van der Waals surface area contributed by atoms with Crippen molar-refractivity contribution in [3.63, 3.8) is 0 Å². The Kier molecular flexibility index (Phi) is 6.37. The number of alkyl halides is 3. The molecule has 31 heavy (non-hydrogen) atoms. The second-order valence-corrected chi connectivity index (χ2v) is 8.93. The zero-order chi connectivity index (χ0) is 22.0. The number of hydrogen-bond acceptors (Lipinski definition) is 2. The Morgan fingerprint density at radius 1 is 1.00 bits per heavy atom. The molecule has 2 aliphatic rings. The van der Waals surface area contributed by atoms with Crippen LogP contribution in [-0.4, -0.2) is 48.4 Å². The molecule has 2 aromatic carbocycles. The van der Waals surface area contributed by atoms with Crippen molar-refractivity contribution in [3.05, 3.63) is 70.8 Å². The number of likely N-dealkylation sites (tertiary alicyclic amines) is 2. The maximum absolute atomic E-state index is 13.3. The Labute approximate surface area is 181 Å². The highest BCUT2D eigenvalue weighted by molar-refractivity contribution is 5.94. The molecule has 0 bridgehead atoms. The molecule has 2 saturated heterocycles. The zero-order valence-corrected chi connectivity index (χ0v) is 17.9. The molecule has 0 spiro atoms. The molecule has 0 N–H and O–H groups in total. The van der Waals surface area contributed by atoms with Gasteiger partial charge in [0.25, 0.3) is 5.91 Å². The topological polar surface area (TPSA) is 23.6 Å². The van der Waals surface area contributed by atoms with Crippen molar-refractivity contribution in [3.8, 4) is 0 Å². The Morgan fingerprint density at radius 3 is 2.45 bits per heavy atom. The Balaban J connectivity index is 1.59. The molecule has 4 rings (SSSR count). The van der Waals surface area contributed by atoms with Gasteiger partial charge in [-0.15, -0.1) is 0 Å². The average Bonchev–Trinajstić information content (AvgIpc) is 3.17. The van der Waals surface area contributed by atoms with Crippen molar-refractivity contribution >= 4 is 5.91 Å². The lowest BCUT2D eigenvalue weighted by Crippen LogP contribution is -2.36. The summed E-state index contributed by atoms with van der Waals surface area (Å²) in [5.41, 5.74) is 1.72. The van der Waals surface area contributed by atoms with Crippen molar-refractivity contribution in [1.29, 1.82) is 0 Å². The van der Waals surface area contributed by atoms with E-state index in [0.717, 1.165) is 44.1 Å². The highest BCUT2D eigenvalue weighted by Crippen LogP contribution is 2.37. The average molecular weight is 431 g/mol. The van der Waals surface area contributed by atoms with Crippen LogP contribution in [0, 0.1) is 12.8 Å². The van der Waals surface area contributed by atoms with Gasteiger partial charge in [-0.25, -0.2) is 0 Å². The van der Waals surface area contributed by atoms with Crippen LogP contribution >= 0.6 is 0 Å². The van der Waals surface area contributed by atoms with E-state index in [9.17, 15) is 18.0 Å². The number of hydrogen-bond donors (Lipinski definition) is 0. The van der Waals surface area contributed by atoms with E-state index < -0.39 is 11.7 Å². The third-order valence-electron chi connectivity index (χ3n) is 6.58. The van der Waals surface area contributed by atoms with Gasteiger partial charge >= 0.3 is 6.18 Å². The molecule has 0 radical (unpaired) electrons. The molecule has 2 aliphatic heterocycles. The first kappa shape index (κ1) is 21.9. The molecule has 2 heterocycles. The molecule has 2 atom stereocenters. The number of rotatable bonds is 4. The van der Waals surface area contributed by atoms with E-state index in [4.69, 9.17) is 0 Å². The molecule has 6 heteroatoms. The van der Waals surface area contributed by atoms with E-state index in [1.54, 1.807) is 6.07 Å². The second-order valence-electron chi connectivity index (χ2n) is 8.93. The summed E-state index contributed by atoms with van der Waals surface area (Å²) in [4.78, 5) is 17.4. The van der Waals surface area contributed by atoms with Crippen LogP contribution in [-0.2, 0) is 6.18 Å². The van der Waals surface area contributed by atoms with Crippen LogP contribution in [0.1, 0.15) is 52.2 Å². The molecule has 0 saturated carbocycles. The van der Waals surface area contributed by atoms with Crippen molar-refractivity contribution in [2.24, 2.45) is 5.92 Å². The SMILES string of the molecule is Cc1cccc(C(=O)N2C[C@H](CN3CCCCC3)[C@H](c3cccc(C(F)(F)F)c3)C2)c1. The first-order valence-corrected chi connectivity index (χ1v) is 11.1. The highest BCUT2D eigenvalue weighted by atomic mass is 19.4. The Bertz CT molecular complexity index is 921. The van der Waals surface area contributed by atoms with Gasteiger partial charge < -0.3 is 9.80 Å². The Hall–Kier alpha value is -2.34. The van der Waals surface area contributed by atoms with E-state index in [1.807, 2.05) is 36.1 Å². The fourth-order valence-electron chi connectivity index (χ4n) is 4.98. The van der Waals surface area contributed by atoms with Crippen LogP contribution in [0.15, 0.2) is 48.5 Å². The summed E-state index contributed by atoms with van der Waals surface area (Å²) in [6.45, 7) is 5.84. The van der Waals surface area contributed by atoms with Gasteiger partial charge in [0.15, 0.2) is 0 Å². The number of carbonyl (C=O) groups excluding carboxylic acids is 1. The van der Waals surface area contributed by atoms with Crippen LogP contribution < -0.4 is 0 Å². The van der Waals surface area contributed by atoms with E-state index in [1.165, 1.54) is 18.6 Å². The van der Waals surface area contributed by atoms with Crippen molar-refractivity contribution in [2.45, 2.75) is 38.3 Å². The second kappa shape index (κ2) is 9.03. The molecular weight excluding hydrogens is 401 g/mol.